The number of nitrogens with zero attached hydrogens (tertiary/aromatic N) is 12. The molecular weight excluding hydrogens is 816 g/mol. The zero-order chi connectivity index (χ0) is 33.3. The smallest absolute Gasteiger partial charge is 0.356 e. The van der Waals surface area contributed by atoms with Crippen molar-refractivity contribution in [2.24, 2.45) is 0 Å². The van der Waals surface area contributed by atoms with Crippen molar-refractivity contribution in [3.05, 3.63) is 115 Å². The third-order valence-corrected chi connectivity index (χ3v) is 6.00. The largest absolute Gasteiger partial charge is 1.00 e. The molecule has 18 nitrogen and oxygen atoms in total. The number of fused-ring (bicyclic) bond motifs is 2. The van der Waals surface area contributed by atoms with Crippen molar-refractivity contribution < 1.29 is 54.9 Å². The van der Waals surface area contributed by atoms with Gasteiger partial charge in [0.2, 0.25) is 0 Å². The van der Waals surface area contributed by atoms with E-state index in [-0.39, 0.29) is 44.8 Å². The number of benzene rings is 2. The molecule has 0 radical (unpaired) electrons. The second-order valence-electron chi connectivity index (χ2n) is 9.40. The SMILES string of the molecule is CCCCc1cn(-c2cnc3ccccc3n2)nn1.CCCCc1cn(-c2cnc3ccccc3n2)nn1.O=[N+]([O-])[O-].O=[N+]([O-])[O-].[Ag+].[Ag+]. The third-order valence-electron chi connectivity index (χ3n) is 6.00. The van der Waals surface area contributed by atoms with Crippen LogP contribution < -0.4 is 0 Å². The summed E-state index contributed by atoms with van der Waals surface area (Å²) in [6, 6.07) is 15.6. The van der Waals surface area contributed by atoms with Crippen molar-refractivity contribution in [3.8, 4) is 11.6 Å². The molecule has 0 amide bonds. The first-order valence-electron chi connectivity index (χ1n) is 14.1. The van der Waals surface area contributed by atoms with E-state index in [0.29, 0.717) is 11.6 Å². The Morgan fingerprint density at radius 1 is 0.604 bits per heavy atom. The van der Waals surface area contributed by atoms with Crippen LogP contribution in [-0.4, -0.2) is 60.1 Å². The van der Waals surface area contributed by atoms with Gasteiger partial charge < -0.3 is 30.6 Å². The average Bonchev–Trinajstić information content (AvgIpc) is 3.72. The van der Waals surface area contributed by atoms with Crippen LogP contribution in [0.4, 0.5) is 0 Å². The van der Waals surface area contributed by atoms with Crippen LogP contribution in [0.2, 0.25) is 0 Å². The number of rotatable bonds is 8. The van der Waals surface area contributed by atoms with Gasteiger partial charge in [-0.3, -0.25) is 9.97 Å². The Morgan fingerprint density at radius 3 is 1.27 bits per heavy atom. The fraction of sp³-hybridized carbons (Fsp3) is 0.286. The number of aromatic nitrogens is 10. The molecule has 6 rings (SSSR count). The molecule has 0 saturated heterocycles. The van der Waals surface area contributed by atoms with E-state index in [1.807, 2.05) is 60.9 Å². The molecular formula is C28H30Ag2N12O6. The molecule has 0 aliphatic rings. The molecule has 0 bridgehead atoms. The Labute approximate surface area is 304 Å². The summed E-state index contributed by atoms with van der Waals surface area (Å²) in [4.78, 5) is 34.3. The maximum Gasteiger partial charge on any atom is 1.00 e. The van der Waals surface area contributed by atoms with Gasteiger partial charge in [0.05, 0.1) is 68.4 Å². The van der Waals surface area contributed by atoms with Gasteiger partial charge in [0.1, 0.15) is 0 Å². The van der Waals surface area contributed by atoms with Crippen molar-refractivity contribution in [2.45, 2.75) is 52.4 Å². The Balaban J connectivity index is 0.000000380. The van der Waals surface area contributed by atoms with Crippen LogP contribution in [0, 0.1) is 30.6 Å². The summed E-state index contributed by atoms with van der Waals surface area (Å²) >= 11 is 0. The second kappa shape index (κ2) is 22.0. The van der Waals surface area contributed by atoms with Gasteiger partial charge in [0.25, 0.3) is 0 Å². The minimum absolute atomic E-state index is 0. The van der Waals surface area contributed by atoms with E-state index in [1.165, 1.54) is 0 Å². The van der Waals surface area contributed by atoms with Crippen molar-refractivity contribution in [1.29, 1.82) is 0 Å². The van der Waals surface area contributed by atoms with Gasteiger partial charge in [0, 0.05) is 0 Å². The van der Waals surface area contributed by atoms with E-state index in [1.54, 1.807) is 21.8 Å². The van der Waals surface area contributed by atoms with E-state index in [4.69, 9.17) is 30.6 Å². The molecule has 0 saturated carbocycles. The molecule has 4 aromatic heterocycles. The molecule has 0 aliphatic carbocycles. The second-order valence-corrected chi connectivity index (χ2v) is 9.40. The number of hydrogen-bond acceptors (Lipinski definition) is 14. The molecule has 48 heavy (non-hydrogen) atoms. The van der Waals surface area contributed by atoms with E-state index in [2.05, 4.69) is 54.4 Å². The molecule has 0 N–H and O–H groups in total. The van der Waals surface area contributed by atoms with Crippen LogP contribution in [0.25, 0.3) is 33.7 Å². The number of aryl methyl sites for hydroxylation is 2. The molecule has 2 aromatic carbocycles. The third kappa shape index (κ3) is 14.0. The van der Waals surface area contributed by atoms with Gasteiger partial charge in [-0.25, -0.2) is 19.3 Å². The molecule has 4 heterocycles. The van der Waals surface area contributed by atoms with Crippen molar-refractivity contribution in [2.75, 3.05) is 0 Å². The van der Waals surface area contributed by atoms with Gasteiger partial charge in [-0.1, -0.05) is 61.4 Å². The quantitative estimate of drug-likeness (QED) is 0.115. The monoisotopic (exact) mass is 844 g/mol. The first-order valence-corrected chi connectivity index (χ1v) is 14.1. The van der Waals surface area contributed by atoms with Gasteiger partial charge in [-0.2, -0.15) is 0 Å². The molecule has 0 atom stereocenters. The van der Waals surface area contributed by atoms with E-state index in [9.17, 15) is 0 Å². The first kappa shape index (κ1) is 41.3. The Bertz CT molecular complexity index is 1720. The summed E-state index contributed by atoms with van der Waals surface area (Å²) in [7, 11) is 0. The molecule has 0 aliphatic heterocycles. The molecule has 260 valence electrons. The minimum Gasteiger partial charge on any atom is -0.356 e. The van der Waals surface area contributed by atoms with Crippen LogP contribution >= 0.6 is 0 Å². The van der Waals surface area contributed by atoms with Crippen molar-refractivity contribution >= 4 is 22.1 Å². The Kier molecular flexibility index (Phi) is 18.9. The van der Waals surface area contributed by atoms with Gasteiger partial charge >= 0.3 is 44.8 Å². The van der Waals surface area contributed by atoms with Crippen LogP contribution in [0.5, 0.6) is 0 Å². The van der Waals surface area contributed by atoms with Gasteiger partial charge in [-0.15, -0.1) is 10.2 Å². The summed E-state index contributed by atoms with van der Waals surface area (Å²) < 4.78 is 3.37. The average molecular weight is 846 g/mol. The van der Waals surface area contributed by atoms with E-state index < -0.39 is 10.2 Å². The van der Waals surface area contributed by atoms with Crippen molar-refractivity contribution in [1.82, 2.24) is 49.9 Å². The molecule has 0 fully saturated rings. The van der Waals surface area contributed by atoms with Gasteiger partial charge in [-0.05, 0) is 49.9 Å². The van der Waals surface area contributed by atoms with E-state index >= 15 is 0 Å². The fourth-order valence-corrected chi connectivity index (χ4v) is 3.88. The molecule has 0 spiro atoms. The number of hydrogen-bond donors (Lipinski definition) is 0. The maximum absolute atomic E-state index is 8.25. The Morgan fingerprint density at radius 2 is 0.938 bits per heavy atom. The summed E-state index contributed by atoms with van der Waals surface area (Å²) in [5.41, 5.74) is 5.50. The summed E-state index contributed by atoms with van der Waals surface area (Å²) in [5.74, 6) is 1.41. The number of unbranched alkanes of at least 4 members (excludes halogenated alkanes) is 2. The zero-order valence-electron chi connectivity index (χ0n) is 25.6. The van der Waals surface area contributed by atoms with Gasteiger partial charge in [0.15, 0.2) is 11.6 Å². The molecule has 6 aromatic rings. The maximum atomic E-state index is 8.25. The predicted molar refractivity (Wildman–Crippen MR) is 167 cm³/mol. The van der Waals surface area contributed by atoms with E-state index in [0.717, 1.165) is 72.0 Å². The zero-order valence-corrected chi connectivity index (χ0v) is 28.6. The Hall–Kier alpha value is -4.72. The topological polar surface area (TPSA) is 245 Å². The van der Waals surface area contributed by atoms with Crippen LogP contribution in [0.15, 0.2) is 73.3 Å². The van der Waals surface area contributed by atoms with Crippen molar-refractivity contribution in [3.63, 3.8) is 0 Å². The number of para-hydroxylation sites is 4. The fourth-order valence-electron chi connectivity index (χ4n) is 3.88. The summed E-state index contributed by atoms with van der Waals surface area (Å²) in [6.45, 7) is 4.33. The van der Waals surface area contributed by atoms with Crippen LogP contribution in [0.1, 0.15) is 50.9 Å². The predicted octanol–water partition coefficient (Wildman–Crippen LogP) is 4.62. The standard InChI is InChI=1S/2C14H15N5.2Ag.2NO3/c2*1-2-3-6-11-10-19(18-17-11)14-9-15-12-7-4-5-8-13(12)16-14;;;2*2-1(3)4/h2*4-5,7-10H,2-3,6H2,1H3;;;;/q;;2*+1;2*-1. The van der Waals surface area contributed by atoms with Crippen LogP contribution in [0.3, 0.4) is 0 Å². The van der Waals surface area contributed by atoms with Crippen LogP contribution in [-0.2, 0) is 57.6 Å². The normalized spacial score (nSPS) is 9.71. The summed E-state index contributed by atoms with van der Waals surface area (Å²) in [5, 5.41) is 46.0. The molecule has 20 heteroatoms. The summed E-state index contributed by atoms with van der Waals surface area (Å²) in [6.07, 6.45) is 13.8. The molecule has 0 unspecified atom stereocenters. The minimum atomic E-state index is -1.75. The first-order chi connectivity index (χ1) is 22.2.